The van der Waals surface area contributed by atoms with E-state index < -0.39 is 17.4 Å². The molecule has 1 unspecified atom stereocenters. The molecular formula is C10H18N2O3. The van der Waals surface area contributed by atoms with E-state index in [1.54, 1.807) is 0 Å². The van der Waals surface area contributed by atoms with Gasteiger partial charge in [-0.1, -0.05) is 20.8 Å². The van der Waals surface area contributed by atoms with Crippen molar-refractivity contribution in [1.82, 2.24) is 10.2 Å². The molecule has 1 aliphatic rings. The molecular weight excluding hydrogens is 196 g/mol. The molecule has 86 valence electrons. The fourth-order valence-corrected chi connectivity index (χ4v) is 1.87. The van der Waals surface area contributed by atoms with Gasteiger partial charge >= 0.3 is 12.0 Å². The fraction of sp³-hybridized carbons (Fsp3) is 0.800. The van der Waals surface area contributed by atoms with Crippen LogP contribution >= 0.6 is 0 Å². The Hall–Kier alpha value is -1.26. The van der Waals surface area contributed by atoms with E-state index in [-0.39, 0.29) is 6.03 Å². The van der Waals surface area contributed by atoms with Crippen molar-refractivity contribution in [1.29, 1.82) is 0 Å². The highest BCUT2D eigenvalue weighted by molar-refractivity contribution is 5.83. The van der Waals surface area contributed by atoms with Crippen molar-refractivity contribution in [2.75, 3.05) is 13.1 Å². The first-order valence-electron chi connectivity index (χ1n) is 5.11. The fourth-order valence-electron chi connectivity index (χ4n) is 1.87. The van der Waals surface area contributed by atoms with Crippen LogP contribution in [-0.2, 0) is 4.79 Å². The third-order valence-electron chi connectivity index (χ3n) is 2.48. The van der Waals surface area contributed by atoms with Gasteiger partial charge in [0.25, 0.3) is 0 Å². The molecule has 0 saturated carbocycles. The molecule has 2 amide bonds. The van der Waals surface area contributed by atoms with Crippen LogP contribution in [0.15, 0.2) is 0 Å². The van der Waals surface area contributed by atoms with Crippen LogP contribution in [0.2, 0.25) is 0 Å². The number of carboxylic acids is 1. The summed E-state index contributed by atoms with van der Waals surface area (Å²) >= 11 is 0. The van der Waals surface area contributed by atoms with E-state index >= 15 is 0 Å². The van der Waals surface area contributed by atoms with Gasteiger partial charge in [-0.05, 0) is 11.8 Å². The molecule has 0 aliphatic carbocycles. The second kappa shape index (κ2) is 4.08. The lowest BCUT2D eigenvalue weighted by molar-refractivity contribution is -0.146. The zero-order valence-electron chi connectivity index (χ0n) is 9.41. The van der Waals surface area contributed by atoms with E-state index in [0.717, 1.165) is 6.42 Å². The summed E-state index contributed by atoms with van der Waals surface area (Å²) in [5.74, 6) is -0.945. The van der Waals surface area contributed by atoms with Gasteiger partial charge in [-0.3, -0.25) is 0 Å². The van der Waals surface area contributed by atoms with E-state index in [2.05, 4.69) is 5.32 Å². The van der Waals surface area contributed by atoms with Crippen molar-refractivity contribution in [2.24, 2.45) is 5.41 Å². The molecule has 1 atom stereocenters. The van der Waals surface area contributed by atoms with Gasteiger partial charge in [0, 0.05) is 13.1 Å². The van der Waals surface area contributed by atoms with E-state index in [1.807, 2.05) is 20.8 Å². The molecule has 1 saturated heterocycles. The highest BCUT2D eigenvalue weighted by Crippen LogP contribution is 2.25. The third-order valence-corrected chi connectivity index (χ3v) is 2.48. The van der Waals surface area contributed by atoms with E-state index in [4.69, 9.17) is 5.11 Å². The number of carbonyl (C=O) groups excluding carboxylic acids is 1. The average Bonchev–Trinajstić information content (AvgIpc) is 2.05. The first kappa shape index (κ1) is 11.8. The summed E-state index contributed by atoms with van der Waals surface area (Å²) in [5.41, 5.74) is -0.458. The maximum absolute atomic E-state index is 11.5. The number of hydrogen-bond acceptors (Lipinski definition) is 2. The van der Waals surface area contributed by atoms with Crippen LogP contribution < -0.4 is 5.32 Å². The predicted molar refractivity (Wildman–Crippen MR) is 55.6 cm³/mol. The van der Waals surface area contributed by atoms with Gasteiger partial charge < -0.3 is 15.3 Å². The Kier molecular flexibility index (Phi) is 3.21. The first-order chi connectivity index (χ1) is 6.84. The molecule has 0 radical (unpaired) electrons. The Balaban J connectivity index is 2.88. The molecule has 1 aliphatic heterocycles. The summed E-state index contributed by atoms with van der Waals surface area (Å²) in [6.45, 7) is 6.63. The SMILES string of the molecule is CC(C)(C)C(C(=O)O)N1CCCNC1=O. The van der Waals surface area contributed by atoms with Crippen LogP contribution in [0.1, 0.15) is 27.2 Å². The van der Waals surface area contributed by atoms with E-state index in [0.29, 0.717) is 13.1 Å². The maximum Gasteiger partial charge on any atom is 0.327 e. The number of hydrogen-bond donors (Lipinski definition) is 2. The van der Waals surface area contributed by atoms with Gasteiger partial charge in [-0.15, -0.1) is 0 Å². The minimum Gasteiger partial charge on any atom is -0.480 e. The third kappa shape index (κ3) is 2.61. The number of rotatable bonds is 2. The van der Waals surface area contributed by atoms with Crippen LogP contribution in [0.5, 0.6) is 0 Å². The van der Waals surface area contributed by atoms with Crippen LogP contribution in [0.4, 0.5) is 4.79 Å². The number of nitrogens with one attached hydrogen (secondary N) is 1. The summed E-state index contributed by atoms with van der Waals surface area (Å²) < 4.78 is 0. The highest BCUT2D eigenvalue weighted by atomic mass is 16.4. The van der Waals surface area contributed by atoms with E-state index in [1.165, 1.54) is 4.90 Å². The Morgan fingerprint density at radius 2 is 2.13 bits per heavy atom. The second-order valence-corrected chi connectivity index (χ2v) is 4.89. The molecule has 1 heterocycles. The van der Waals surface area contributed by atoms with Crippen molar-refractivity contribution < 1.29 is 14.7 Å². The van der Waals surface area contributed by atoms with Crippen LogP contribution in [0.3, 0.4) is 0 Å². The highest BCUT2D eigenvalue weighted by Gasteiger charge is 2.39. The molecule has 1 fully saturated rings. The standard InChI is InChI=1S/C10H18N2O3/c1-10(2,3)7(8(13)14)12-6-4-5-11-9(12)15/h7H,4-6H2,1-3H3,(H,11,15)(H,13,14). The van der Waals surface area contributed by atoms with Gasteiger partial charge in [0.2, 0.25) is 0 Å². The van der Waals surface area contributed by atoms with Crippen molar-refractivity contribution in [2.45, 2.75) is 33.2 Å². The second-order valence-electron chi connectivity index (χ2n) is 4.89. The lowest BCUT2D eigenvalue weighted by Crippen LogP contribution is -2.58. The minimum atomic E-state index is -0.945. The molecule has 0 aromatic heterocycles. The molecule has 0 spiro atoms. The summed E-state index contributed by atoms with van der Waals surface area (Å²) in [4.78, 5) is 24.1. The number of carbonyl (C=O) groups is 2. The Morgan fingerprint density at radius 3 is 2.53 bits per heavy atom. The van der Waals surface area contributed by atoms with Crippen molar-refractivity contribution in [3.05, 3.63) is 0 Å². The van der Waals surface area contributed by atoms with E-state index in [9.17, 15) is 9.59 Å². The summed E-state index contributed by atoms with van der Waals surface area (Å²) in [6, 6.07) is -1.04. The van der Waals surface area contributed by atoms with Crippen molar-refractivity contribution >= 4 is 12.0 Å². The topological polar surface area (TPSA) is 69.6 Å². The lowest BCUT2D eigenvalue weighted by Gasteiger charge is -2.39. The molecule has 0 bridgehead atoms. The predicted octanol–water partition coefficient (Wildman–Crippen LogP) is 0.901. The smallest absolute Gasteiger partial charge is 0.327 e. The van der Waals surface area contributed by atoms with Crippen molar-refractivity contribution in [3.8, 4) is 0 Å². The Morgan fingerprint density at radius 1 is 1.53 bits per heavy atom. The first-order valence-corrected chi connectivity index (χ1v) is 5.11. The zero-order chi connectivity index (χ0) is 11.6. The normalized spacial score (nSPS) is 19.7. The van der Waals surface area contributed by atoms with Gasteiger partial charge in [0.15, 0.2) is 0 Å². The lowest BCUT2D eigenvalue weighted by atomic mass is 9.85. The summed E-state index contributed by atoms with van der Waals surface area (Å²) in [5, 5.41) is 11.8. The Labute approximate surface area is 89.4 Å². The number of carboxylic acid groups (broad SMARTS) is 1. The molecule has 0 aromatic carbocycles. The molecule has 2 N–H and O–H groups in total. The van der Waals surface area contributed by atoms with Gasteiger partial charge in [0.05, 0.1) is 0 Å². The summed E-state index contributed by atoms with van der Waals surface area (Å²) in [6.07, 6.45) is 0.797. The molecule has 0 aromatic rings. The molecule has 5 heteroatoms. The molecule has 5 nitrogen and oxygen atoms in total. The maximum atomic E-state index is 11.5. The van der Waals surface area contributed by atoms with Gasteiger partial charge in [0.1, 0.15) is 6.04 Å². The Bertz CT molecular complexity index is 270. The van der Waals surface area contributed by atoms with Gasteiger partial charge in [-0.25, -0.2) is 9.59 Å². The number of nitrogens with zero attached hydrogens (tertiary/aromatic N) is 1. The monoisotopic (exact) mass is 214 g/mol. The van der Waals surface area contributed by atoms with Crippen LogP contribution in [-0.4, -0.2) is 41.1 Å². The number of amides is 2. The zero-order valence-corrected chi connectivity index (χ0v) is 9.41. The van der Waals surface area contributed by atoms with Crippen molar-refractivity contribution in [3.63, 3.8) is 0 Å². The number of urea groups is 1. The van der Waals surface area contributed by atoms with Crippen LogP contribution in [0.25, 0.3) is 0 Å². The molecule has 1 rings (SSSR count). The minimum absolute atomic E-state index is 0.274. The van der Waals surface area contributed by atoms with Gasteiger partial charge in [-0.2, -0.15) is 0 Å². The average molecular weight is 214 g/mol. The quantitative estimate of drug-likeness (QED) is 0.717. The number of aliphatic carboxylic acids is 1. The molecule has 15 heavy (non-hydrogen) atoms. The summed E-state index contributed by atoms with van der Waals surface area (Å²) in [7, 11) is 0. The largest absolute Gasteiger partial charge is 0.480 e. The van der Waals surface area contributed by atoms with Crippen LogP contribution in [0, 0.1) is 5.41 Å².